The minimum absolute atomic E-state index is 0.103. The molecule has 0 saturated carbocycles. The average Bonchev–Trinajstić information content (AvgIpc) is 3.44. The highest BCUT2D eigenvalue weighted by molar-refractivity contribution is 7.90. The molecule has 0 N–H and O–H groups in total. The van der Waals surface area contributed by atoms with E-state index in [9.17, 15) is 13.2 Å². The second-order valence-electron chi connectivity index (χ2n) is 7.49. The minimum atomic E-state index is -3.35. The number of carbonyl (C=O) groups excluding carboxylic acids is 1. The lowest BCUT2D eigenvalue weighted by molar-refractivity contribution is 0.0914. The third-order valence-corrected chi connectivity index (χ3v) is 7.45. The van der Waals surface area contributed by atoms with Crippen LogP contribution in [0, 0.1) is 0 Å². The molecule has 1 fully saturated rings. The van der Waals surface area contributed by atoms with Crippen molar-refractivity contribution < 1.29 is 27.4 Å². The van der Waals surface area contributed by atoms with Gasteiger partial charge in [0.05, 0.1) is 47.5 Å². The highest BCUT2D eigenvalue weighted by atomic mass is 32.2. The summed E-state index contributed by atoms with van der Waals surface area (Å²) in [6.07, 6.45) is 2.85. The minimum Gasteiger partial charge on any atom is -0.493 e. The number of benzene rings is 2. The Morgan fingerprint density at radius 3 is 2.72 bits per heavy atom. The first-order valence-corrected chi connectivity index (χ1v) is 12.8. The molecule has 1 aliphatic rings. The Labute approximate surface area is 190 Å². The van der Waals surface area contributed by atoms with Crippen molar-refractivity contribution in [3.05, 3.63) is 42.0 Å². The van der Waals surface area contributed by atoms with E-state index in [4.69, 9.17) is 14.2 Å². The van der Waals surface area contributed by atoms with Gasteiger partial charge in [-0.2, -0.15) is 0 Å². The van der Waals surface area contributed by atoms with Crippen molar-refractivity contribution in [3.8, 4) is 11.5 Å². The summed E-state index contributed by atoms with van der Waals surface area (Å²) in [4.78, 5) is 20.1. The number of hydrogen-bond acceptors (Lipinski definition) is 8. The fourth-order valence-electron chi connectivity index (χ4n) is 3.68. The number of methoxy groups -OCH3 is 2. The second-order valence-corrected chi connectivity index (χ2v) is 10.5. The maximum absolute atomic E-state index is 13.7. The number of sulfone groups is 1. The van der Waals surface area contributed by atoms with Gasteiger partial charge in [-0.05, 0) is 43.2 Å². The summed E-state index contributed by atoms with van der Waals surface area (Å²) in [5, 5.41) is 0.469. The Morgan fingerprint density at radius 1 is 1.25 bits per heavy atom. The molecule has 1 amide bonds. The number of nitrogens with zero attached hydrogens (tertiary/aromatic N) is 2. The number of hydrogen-bond donors (Lipinski definition) is 0. The lowest BCUT2D eigenvalue weighted by Crippen LogP contribution is -2.37. The SMILES string of the molecule is COc1cccc(C(=O)N(CC2CCCO2)c2nc3ccc(S(C)(=O)=O)cc3s2)c1OC. The summed E-state index contributed by atoms with van der Waals surface area (Å²) in [6.45, 7) is 0.991. The van der Waals surface area contributed by atoms with Gasteiger partial charge in [0, 0.05) is 12.9 Å². The normalized spacial score (nSPS) is 16.3. The van der Waals surface area contributed by atoms with E-state index >= 15 is 0 Å². The van der Waals surface area contributed by atoms with Crippen LogP contribution >= 0.6 is 11.3 Å². The number of para-hydroxylation sites is 1. The summed E-state index contributed by atoms with van der Waals surface area (Å²) in [6, 6.07) is 9.92. The van der Waals surface area contributed by atoms with E-state index in [-0.39, 0.29) is 16.9 Å². The zero-order valence-corrected chi connectivity index (χ0v) is 19.7. The Hall–Kier alpha value is -2.69. The van der Waals surface area contributed by atoms with Gasteiger partial charge in [0.2, 0.25) is 0 Å². The van der Waals surface area contributed by atoms with Crippen LogP contribution in [0.25, 0.3) is 10.2 Å². The van der Waals surface area contributed by atoms with E-state index in [0.717, 1.165) is 12.8 Å². The van der Waals surface area contributed by atoms with Crippen molar-refractivity contribution in [2.24, 2.45) is 0 Å². The van der Waals surface area contributed by atoms with Crippen LogP contribution in [0.2, 0.25) is 0 Å². The summed E-state index contributed by atoms with van der Waals surface area (Å²) in [5.41, 5.74) is 0.973. The fraction of sp³-hybridized carbons (Fsp3) is 0.364. The van der Waals surface area contributed by atoms with Gasteiger partial charge in [-0.15, -0.1) is 0 Å². The lowest BCUT2D eigenvalue weighted by atomic mass is 10.1. The number of anilines is 1. The molecular weight excluding hydrogens is 452 g/mol. The number of aromatic nitrogens is 1. The largest absolute Gasteiger partial charge is 0.493 e. The molecular formula is C22H24N2O6S2. The number of thiazole rings is 1. The summed E-state index contributed by atoms with van der Waals surface area (Å²) in [5.74, 6) is 0.508. The van der Waals surface area contributed by atoms with Crippen molar-refractivity contribution in [2.45, 2.75) is 23.8 Å². The zero-order chi connectivity index (χ0) is 22.9. The molecule has 0 bridgehead atoms. The van der Waals surface area contributed by atoms with Crippen LogP contribution in [0.5, 0.6) is 11.5 Å². The fourth-order valence-corrected chi connectivity index (χ4v) is 5.41. The predicted octanol–water partition coefficient (Wildman–Crippen LogP) is 3.54. The number of amides is 1. The number of rotatable bonds is 7. The molecule has 1 aromatic heterocycles. The van der Waals surface area contributed by atoms with Crippen LogP contribution in [0.15, 0.2) is 41.3 Å². The molecule has 32 heavy (non-hydrogen) atoms. The Morgan fingerprint density at radius 2 is 2.06 bits per heavy atom. The molecule has 0 radical (unpaired) electrons. The molecule has 0 aliphatic carbocycles. The van der Waals surface area contributed by atoms with Crippen LogP contribution in [-0.4, -0.2) is 59.0 Å². The molecule has 2 aromatic carbocycles. The van der Waals surface area contributed by atoms with Crippen molar-refractivity contribution in [1.29, 1.82) is 0 Å². The third-order valence-electron chi connectivity index (χ3n) is 5.30. The van der Waals surface area contributed by atoms with Crippen molar-refractivity contribution in [3.63, 3.8) is 0 Å². The molecule has 1 saturated heterocycles. The Bertz CT molecular complexity index is 1250. The first-order valence-electron chi connectivity index (χ1n) is 10.1. The molecule has 3 aromatic rings. The standard InChI is InChI=1S/C22H24N2O6S2/c1-28-18-8-4-7-16(20(18)29-2)21(25)24(13-14-6-5-11-30-14)22-23-17-10-9-15(32(3,26)27)12-19(17)31-22/h4,7-10,12,14H,5-6,11,13H2,1-3H3. The van der Waals surface area contributed by atoms with Crippen LogP contribution in [0.3, 0.4) is 0 Å². The molecule has 1 aliphatic heterocycles. The van der Waals surface area contributed by atoms with Gasteiger partial charge in [0.25, 0.3) is 5.91 Å². The van der Waals surface area contributed by atoms with E-state index in [1.165, 1.54) is 37.9 Å². The highest BCUT2D eigenvalue weighted by Gasteiger charge is 2.29. The van der Waals surface area contributed by atoms with E-state index in [1.807, 2.05) is 0 Å². The number of fused-ring (bicyclic) bond motifs is 1. The van der Waals surface area contributed by atoms with Gasteiger partial charge in [-0.1, -0.05) is 17.4 Å². The zero-order valence-electron chi connectivity index (χ0n) is 18.0. The molecule has 1 atom stereocenters. The molecule has 170 valence electrons. The van der Waals surface area contributed by atoms with E-state index < -0.39 is 9.84 Å². The summed E-state index contributed by atoms with van der Waals surface area (Å²) < 4.78 is 41.2. The van der Waals surface area contributed by atoms with E-state index in [2.05, 4.69) is 4.98 Å². The maximum Gasteiger partial charge on any atom is 0.264 e. The number of ether oxygens (including phenoxy) is 3. The van der Waals surface area contributed by atoms with Crippen LogP contribution < -0.4 is 14.4 Å². The average molecular weight is 477 g/mol. The van der Waals surface area contributed by atoms with Gasteiger partial charge in [-0.25, -0.2) is 13.4 Å². The van der Waals surface area contributed by atoms with Gasteiger partial charge < -0.3 is 14.2 Å². The van der Waals surface area contributed by atoms with Gasteiger partial charge in [0.1, 0.15) is 0 Å². The van der Waals surface area contributed by atoms with Crippen LogP contribution in [0.4, 0.5) is 5.13 Å². The molecule has 10 heteroatoms. The predicted molar refractivity (Wildman–Crippen MR) is 123 cm³/mol. The first kappa shape index (κ1) is 22.5. The second kappa shape index (κ2) is 9.05. The number of carbonyl (C=O) groups is 1. The van der Waals surface area contributed by atoms with E-state index in [0.29, 0.717) is 45.6 Å². The Balaban J connectivity index is 1.78. The highest BCUT2D eigenvalue weighted by Crippen LogP contribution is 2.36. The van der Waals surface area contributed by atoms with Crippen LogP contribution in [-0.2, 0) is 14.6 Å². The van der Waals surface area contributed by atoms with Gasteiger partial charge in [-0.3, -0.25) is 9.69 Å². The monoisotopic (exact) mass is 476 g/mol. The summed E-state index contributed by atoms with van der Waals surface area (Å²) in [7, 11) is -0.345. The third kappa shape index (κ3) is 4.43. The van der Waals surface area contributed by atoms with E-state index in [1.54, 1.807) is 35.2 Å². The smallest absolute Gasteiger partial charge is 0.264 e. The molecule has 0 spiro atoms. The molecule has 4 rings (SSSR count). The lowest BCUT2D eigenvalue weighted by Gasteiger charge is -2.24. The maximum atomic E-state index is 13.7. The van der Waals surface area contributed by atoms with Crippen molar-refractivity contribution >= 4 is 42.4 Å². The molecule has 1 unspecified atom stereocenters. The summed E-state index contributed by atoms with van der Waals surface area (Å²) >= 11 is 1.27. The van der Waals surface area contributed by atoms with Crippen molar-refractivity contribution in [1.82, 2.24) is 4.98 Å². The van der Waals surface area contributed by atoms with Crippen molar-refractivity contribution in [2.75, 3.05) is 38.5 Å². The molecule has 2 heterocycles. The quantitative estimate of drug-likeness (QED) is 0.515. The topological polar surface area (TPSA) is 95.0 Å². The first-order chi connectivity index (χ1) is 15.3. The molecule has 8 nitrogen and oxygen atoms in total. The van der Waals surface area contributed by atoms with Gasteiger partial charge >= 0.3 is 0 Å². The van der Waals surface area contributed by atoms with Gasteiger partial charge in [0.15, 0.2) is 26.5 Å². The Kier molecular flexibility index (Phi) is 6.36. The van der Waals surface area contributed by atoms with Crippen LogP contribution in [0.1, 0.15) is 23.2 Å².